The molecule has 0 saturated heterocycles. The molecule has 0 aliphatic heterocycles. The highest BCUT2D eigenvalue weighted by Crippen LogP contribution is 2.17. The van der Waals surface area contributed by atoms with Crippen LogP contribution in [0.25, 0.3) is 6.08 Å². The quantitative estimate of drug-likeness (QED) is 0.674. The van der Waals surface area contributed by atoms with Gasteiger partial charge in [0.05, 0.1) is 0 Å². The fraction of sp³-hybridized carbons (Fsp3) is 0.100. The number of carboxylic acids is 1. The molecule has 0 spiro atoms. The highest BCUT2D eigenvalue weighted by molar-refractivity contribution is 7.95. The maximum absolute atomic E-state index is 12.8. The van der Waals surface area contributed by atoms with E-state index >= 15 is 0 Å². The van der Waals surface area contributed by atoms with Gasteiger partial charge in [0.15, 0.2) is 32.2 Å². The molecule has 4 nitrogen and oxygen atoms in total. The van der Waals surface area contributed by atoms with Crippen molar-refractivity contribution in [3.8, 4) is 0 Å². The third-order valence-electron chi connectivity index (χ3n) is 1.91. The highest BCUT2D eigenvalue weighted by Gasteiger charge is 2.20. The second-order valence-corrected chi connectivity index (χ2v) is 5.37. The van der Waals surface area contributed by atoms with Crippen molar-refractivity contribution >= 4 is 21.9 Å². The lowest BCUT2D eigenvalue weighted by atomic mass is 10.2. The van der Waals surface area contributed by atoms with Crippen LogP contribution >= 0.6 is 0 Å². The van der Waals surface area contributed by atoms with Gasteiger partial charge in [-0.15, -0.1) is 0 Å². The van der Waals surface area contributed by atoms with Crippen molar-refractivity contribution in [2.45, 2.75) is 0 Å². The number of halogens is 3. The first-order chi connectivity index (χ1) is 8.12. The average Bonchev–Trinajstić information content (AvgIpc) is 2.20. The van der Waals surface area contributed by atoms with Gasteiger partial charge in [-0.05, 0) is 23.8 Å². The lowest BCUT2D eigenvalue weighted by molar-refractivity contribution is -0.131. The van der Waals surface area contributed by atoms with Crippen LogP contribution in [0.15, 0.2) is 17.0 Å². The highest BCUT2D eigenvalue weighted by atomic mass is 32.2. The zero-order valence-electron chi connectivity index (χ0n) is 8.95. The van der Waals surface area contributed by atoms with Gasteiger partial charge in [0.1, 0.15) is 0 Å². The zero-order valence-corrected chi connectivity index (χ0v) is 9.76. The Morgan fingerprint density at radius 1 is 1.22 bits per heavy atom. The van der Waals surface area contributed by atoms with Crippen LogP contribution in [0.3, 0.4) is 0 Å². The van der Waals surface area contributed by atoms with Crippen LogP contribution in [0, 0.1) is 17.5 Å². The molecule has 0 fully saturated rings. The molecule has 0 atom stereocenters. The number of hydrogen-bond acceptors (Lipinski definition) is 3. The van der Waals surface area contributed by atoms with Crippen LogP contribution in [0.5, 0.6) is 0 Å². The summed E-state index contributed by atoms with van der Waals surface area (Å²) in [7, 11) is -4.08. The van der Waals surface area contributed by atoms with Crippen molar-refractivity contribution in [1.29, 1.82) is 0 Å². The van der Waals surface area contributed by atoms with E-state index in [0.717, 1.165) is 0 Å². The van der Waals surface area contributed by atoms with Gasteiger partial charge in [-0.1, -0.05) is 0 Å². The number of benzene rings is 1. The molecule has 0 radical (unpaired) electrons. The Labute approximate surface area is 100 Å². The van der Waals surface area contributed by atoms with Crippen LogP contribution in [0.4, 0.5) is 13.2 Å². The number of aliphatic carboxylic acids is 1. The summed E-state index contributed by atoms with van der Waals surface area (Å²) in [4.78, 5) is 9.63. The smallest absolute Gasteiger partial charge is 0.347 e. The van der Waals surface area contributed by atoms with Crippen molar-refractivity contribution in [3.63, 3.8) is 0 Å². The number of rotatable bonds is 3. The van der Waals surface area contributed by atoms with E-state index in [9.17, 15) is 26.4 Å². The predicted octanol–water partition coefficient (Wildman–Crippen LogP) is 1.57. The van der Waals surface area contributed by atoms with Crippen LogP contribution in [0.1, 0.15) is 5.56 Å². The largest absolute Gasteiger partial charge is 0.477 e. The van der Waals surface area contributed by atoms with Gasteiger partial charge in [0.25, 0.3) is 0 Å². The lowest BCUT2D eigenvalue weighted by Gasteiger charge is -2.01. The average molecular weight is 280 g/mol. The summed E-state index contributed by atoms with van der Waals surface area (Å²) in [6, 6.07) is 0.985. The standard InChI is InChI=1S/C10H7F3O4S/c1-18(16,17)8(10(14)15)4-5-2-6(11)9(13)7(12)3-5/h2-4H,1H3,(H,14,15)/b8-4+. The number of sulfone groups is 1. The normalized spacial score (nSPS) is 12.6. The second kappa shape index (κ2) is 4.81. The molecule has 98 valence electrons. The molecule has 18 heavy (non-hydrogen) atoms. The fourth-order valence-electron chi connectivity index (χ4n) is 1.14. The monoisotopic (exact) mass is 280 g/mol. The second-order valence-electron chi connectivity index (χ2n) is 3.38. The molecule has 8 heteroatoms. The third-order valence-corrected chi connectivity index (χ3v) is 3.01. The molecule has 0 unspecified atom stereocenters. The first-order valence-corrected chi connectivity index (χ1v) is 6.31. The molecule has 0 saturated carbocycles. The maximum atomic E-state index is 12.8. The Morgan fingerprint density at radius 2 is 1.67 bits per heavy atom. The molecule has 0 aromatic heterocycles. The zero-order chi connectivity index (χ0) is 14.1. The number of hydrogen-bond donors (Lipinski definition) is 1. The Kier molecular flexibility index (Phi) is 3.80. The van der Waals surface area contributed by atoms with Gasteiger partial charge in [0.2, 0.25) is 0 Å². The number of carbonyl (C=O) groups is 1. The molecule has 0 bridgehead atoms. The van der Waals surface area contributed by atoms with E-state index in [0.29, 0.717) is 24.5 Å². The van der Waals surface area contributed by atoms with E-state index in [1.807, 2.05) is 0 Å². The minimum absolute atomic E-state index is 0.408. The van der Waals surface area contributed by atoms with Crippen LogP contribution in [0.2, 0.25) is 0 Å². The van der Waals surface area contributed by atoms with E-state index in [-0.39, 0.29) is 0 Å². The molecule has 1 aromatic carbocycles. The van der Waals surface area contributed by atoms with E-state index in [1.165, 1.54) is 0 Å². The summed E-state index contributed by atoms with van der Waals surface area (Å²) < 4.78 is 60.5. The topological polar surface area (TPSA) is 71.4 Å². The summed E-state index contributed by atoms with van der Waals surface area (Å²) in [6.07, 6.45) is 1.17. The SMILES string of the molecule is CS(=O)(=O)/C(=C/c1cc(F)c(F)c(F)c1)C(=O)O. The van der Waals surface area contributed by atoms with Gasteiger partial charge >= 0.3 is 5.97 Å². The summed E-state index contributed by atoms with van der Waals surface area (Å²) in [5, 5.41) is 8.65. The lowest BCUT2D eigenvalue weighted by Crippen LogP contribution is -2.11. The summed E-state index contributed by atoms with van der Waals surface area (Å²) in [6.45, 7) is 0. The van der Waals surface area contributed by atoms with Crippen molar-refractivity contribution in [2.24, 2.45) is 0 Å². The Hall–Kier alpha value is -1.83. The van der Waals surface area contributed by atoms with E-state index in [4.69, 9.17) is 5.11 Å². The first kappa shape index (κ1) is 14.2. The Bertz CT molecular complexity index is 612. The van der Waals surface area contributed by atoms with E-state index < -0.39 is 43.7 Å². The van der Waals surface area contributed by atoms with E-state index in [1.54, 1.807) is 0 Å². The predicted molar refractivity (Wildman–Crippen MR) is 56.8 cm³/mol. The molecule has 0 aliphatic carbocycles. The van der Waals surface area contributed by atoms with Gasteiger partial charge in [-0.3, -0.25) is 0 Å². The molecular weight excluding hydrogens is 273 g/mol. The first-order valence-electron chi connectivity index (χ1n) is 4.42. The summed E-state index contributed by atoms with van der Waals surface area (Å²) in [5.41, 5.74) is -0.408. The van der Waals surface area contributed by atoms with Gasteiger partial charge in [0, 0.05) is 6.26 Å². The number of carboxylic acid groups (broad SMARTS) is 1. The van der Waals surface area contributed by atoms with Crippen molar-refractivity contribution in [3.05, 3.63) is 40.1 Å². The molecule has 1 aromatic rings. The van der Waals surface area contributed by atoms with Crippen LogP contribution in [-0.4, -0.2) is 25.7 Å². The van der Waals surface area contributed by atoms with Gasteiger partial charge in [-0.2, -0.15) is 0 Å². The van der Waals surface area contributed by atoms with Crippen molar-refractivity contribution in [2.75, 3.05) is 6.26 Å². The third kappa shape index (κ3) is 3.10. The van der Waals surface area contributed by atoms with Crippen molar-refractivity contribution in [1.82, 2.24) is 0 Å². The fourth-order valence-corrected chi connectivity index (χ4v) is 1.80. The molecule has 0 amide bonds. The molecule has 0 heterocycles. The molecule has 0 aliphatic rings. The Balaban J connectivity index is 3.44. The molecular formula is C10H7F3O4S. The summed E-state index contributed by atoms with van der Waals surface area (Å²) in [5.74, 6) is -6.58. The molecule has 1 rings (SSSR count). The minimum atomic E-state index is -4.08. The molecule has 1 N–H and O–H groups in total. The van der Waals surface area contributed by atoms with E-state index in [2.05, 4.69) is 0 Å². The van der Waals surface area contributed by atoms with Crippen molar-refractivity contribution < 1.29 is 31.5 Å². The van der Waals surface area contributed by atoms with Gasteiger partial charge in [-0.25, -0.2) is 26.4 Å². The Morgan fingerprint density at radius 3 is 2.00 bits per heavy atom. The minimum Gasteiger partial charge on any atom is -0.477 e. The van der Waals surface area contributed by atoms with Crippen LogP contribution in [-0.2, 0) is 14.6 Å². The maximum Gasteiger partial charge on any atom is 0.347 e. The summed E-state index contributed by atoms with van der Waals surface area (Å²) >= 11 is 0. The van der Waals surface area contributed by atoms with Gasteiger partial charge < -0.3 is 5.11 Å². The van der Waals surface area contributed by atoms with Crippen LogP contribution < -0.4 is 0 Å².